The zero-order chi connectivity index (χ0) is 35.5. The molecule has 3 aromatic rings. The Labute approximate surface area is 296 Å². The number of amides is 3. The number of aliphatic hydroxyl groups excluding tert-OH is 1. The van der Waals surface area contributed by atoms with E-state index in [0.29, 0.717) is 30.5 Å². The minimum absolute atomic E-state index is 0.0588. The van der Waals surface area contributed by atoms with Gasteiger partial charge in [0.05, 0.1) is 24.7 Å². The van der Waals surface area contributed by atoms with Gasteiger partial charge in [-0.05, 0) is 47.7 Å². The summed E-state index contributed by atoms with van der Waals surface area (Å²) < 4.78 is 18.4. The van der Waals surface area contributed by atoms with E-state index in [-0.39, 0.29) is 50.4 Å². The lowest BCUT2D eigenvalue weighted by Crippen LogP contribution is -2.56. The number of ether oxygens (including phenoxy) is 3. The van der Waals surface area contributed by atoms with E-state index < -0.39 is 47.7 Å². The zero-order valence-corrected chi connectivity index (χ0v) is 28.6. The number of unbranched alkanes of at least 4 members (excludes halogenated alkanes) is 1. The van der Waals surface area contributed by atoms with Gasteiger partial charge in [0.1, 0.15) is 23.7 Å². The average molecular weight is 694 g/mol. The first-order valence-electron chi connectivity index (χ1n) is 17.6. The summed E-state index contributed by atoms with van der Waals surface area (Å²) >= 11 is 0. The Bertz CT molecular complexity index is 1850. The van der Waals surface area contributed by atoms with Crippen molar-refractivity contribution in [2.75, 3.05) is 38.3 Å². The number of anilines is 1. The topological polar surface area (TPSA) is 135 Å². The first-order valence-corrected chi connectivity index (χ1v) is 17.6. The number of rotatable bonds is 8. The van der Waals surface area contributed by atoms with Crippen molar-refractivity contribution < 1.29 is 38.5 Å². The molecule has 51 heavy (non-hydrogen) atoms. The van der Waals surface area contributed by atoms with Gasteiger partial charge in [-0.2, -0.15) is 0 Å². The number of hydrogen-bond donors (Lipinski definition) is 2. The molecule has 1 spiro atoms. The number of fused-ring (bicyclic) bond motifs is 3. The van der Waals surface area contributed by atoms with Crippen molar-refractivity contribution in [1.82, 2.24) is 10.2 Å². The fourth-order valence-electron chi connectivity index (χ4n) is 8.07. The van der Waals surface area contributed by atoms with Gasteiger partial charge in [-0.15, -0.1) is 0 Å². The smallest absolute Gasteiger partial charge is 0.313 e. The molecular formula is C40H43N3O8. The zero-order valence-electron chi connectivity index (χ0n) is 28.6. The van der Waals surface area contributed by atoms with Gasteiger partial charge in [0, 0.05) is 38.9 Å². The molecule has 11 nitrogen and oxygen atoms in total. The number of nitrogens with zero attached hydrogens (tertiary/aromatic N) is 2. The van der Waals surface area contributed by atoms with E-state index in [2.05, 4.69) is 5.32 Å². The highest BCUT2D eigenvalue weighted by Crippen LogP contribution is 2.56. The van der Waals surface area contributed by atoms with Crippen molar-refractivity contribution >= 4 is 40.2 Å². The van der Waals surface area contributed by atoms with Gasteiger partial charge in [0.2, 0.25) is 11.8 Å². The summed E-state index contributed by atoms with van der Waals surface area (Å²) in [5.74, 6) is -3.67. The van der Waals surface area contributed by atoms with E-state index in [1.807, 2.05) is 84.9 Å². The molecule has 7 rings (SSSR count). The molecule has 3 aromatic carbocycles. The Morgan fingerprint density at radius 3 is 2.51 bits per heavy atom. The fraction of sp³-hybridized carbons (Fsp3) is 0.400. The van der Waals surface area contributed by atoms with Gasteiger partial charge in [0.15, 0.2) is 0 Å². The van der Waals surface area contributed by atoms with Crippen LogP contribution >= 0.6 is 0 Å². The van der Waals surface area contributed by atoms with Crippen LogP contribution in [0.15, 0.2) is 97.1 Å². The van der Waals surface area contributed by atoms with Crippen LogP contribution in [0.4, 0.5) is 5.69 Å². The van der Waals surface area contributed by atoms with Gasteiger partial charge in [0.25, 0.3) is 5.91 Å². The van der Waals surface area contributed by atoms with Gasteiger partial charge in [-0.1, -0.05) is 85.0 Å². The van der Waals surface area contributed by atoms with Crippen LogP contribution in [0, 0.1) is 11.8 Å². The van der Waals surface area contributed by atoms with Crippen LogP contribution in [-0.2, 0) is 33.4 Å². The molecular weight excluding hydrogens is 650 g/mol. The summed E-state index contributed by atoms with van der Waals surface area (Å²) in [5, 5.41) is 14.6. The van der Waals surface area contributed by atoms with Gasteiger partial charge < -0.3 is 34.4 Å². The molecule has 2 saturated heterocycles. The number of aliphatic hydroxyl groups is 1. The molecule has 11 heteroatoms. The number of cyclic esters (lactones) is 1. The molecule has 266 valence electrons. The Balaban J connectivity index is 1.32. The minimum Gasteiger partial charge on any atom is -0.455 e. The van der Waals surface area contributed by atoms with Crippen LogP contribution in [0.1, 0.15) is 37.4 Å². The Morgan fingerprint density at radius 2 is 1.73 bits per heavy atom. The SMILES string of the molecule is COC[C@H]1NC(=O)CC/C=C\CN(c2ccc3ccccc3c2)C(=O)[C@@H]2N(CCCCO)C(=O)[C@H]3[C@H](C(=O)O[C@@H]1c1ccccc1)[C@@H]1C=C[C@]23O1. The molecule has 4 heterocycles. The highest BCUT2D eigenvalue weighted by atomic mass is 16.6. The third kappa shape index (κ3) is 6.45. The van der Waals surface area contributed by atoms with Crippen LogP contribution < -0.4 is 10.2 Å². The standard InChI is InChI=1S/C40H43N3O8/c1-49-25-30-35(27-13-4-2-5-14-27)50-39(48)33-31-19-20-40(51-31)34(33)37(46)43(22-10-11-23-44)36(40)38(47)42(21-9-3-6-16-32(45)41-30)29-18-17-26-12-7-8-15-28(26)24-29/h2-5,7-9,12-15,17-20,24,30-31,33-36,44H,6,10-11,16,21-23,25H2,1H3,(H,41,45)/b9-3-/t30-,31+,33-,34-,35-,36+,40-/m1/s1. The number of methoxy groups -OCH3 is 1. The molecule has 7 atom stereocenters. The van der Waals surface area contributed by atoms with Crippen LogP contribution in [0.5, 0.6) is 0 Å². The lowest BCUT2D eigenvalue weighted by Gasteiger charge is -2.36. The third-order valence-corrected chi connectivity index (χ3v) is 10.4. The normalized spacial score (nSPS) is 30.1. The number of hydrogen-bond acceptors (Lipinski definition) is 8. The summed E-state index contributed by atoms with van der Waals surface area (Å²) in [6, 6.07) is 21.0. The van der Waals surface area contributed by atoms with Gasteiger partial charge in [-0.3, -0.25) is 19.2 Å². The number of nitrogens with one attached hydrogen (secondary N) is 1. The van der Waals surface area contributed by atoms with Crippen LogP contribution in [0.25, 0.3) is 10.8 Å². The van der Waals surface area contributed by atoms with Gasteiger partial charge in [-0.25, -0.2) is 0 Å². The van der Waals surface area contributed by atoms with Crippen molar-refractivity contribution in [3.63, 3.8) is 0 Å². The minimum atomic E-state index is -1.41. The second-order valence-corrected chi connectivity index (χ2v) is 13.6. The molecule has 2 N–H and O–H groups in total. The number of carbonyl (C=O) groups is 4. The van der Waals surface area contributed by atoms with Gasteiger partial charge >= 0.3 is 5.97 Å². The highest BCUT2D eigenvalue weighted by molar-refractivity contribution is 6.06. The quantitative estimate of drug-likeness (QED) is 0.207. The fourth-order valence-corrected chi connectivity index (χ4v) is 8.07. The number of benzene rings is 3. The van der Waals surface area contributed by atoms with Crippen LogP contribution in [-0.4, -0.2) is 90.9 Å². The van der Waals surface area contributed by atoms with Crippen molar-refractivity contribution in [3.8, 4) is 0 Å². The predicted molar refractivity (Wildman–Crippen MR) is 189 cm³/mol. The maximum atomic E-state index is 15.1. The Hall–Kier alpha value is -4.84. The second kappa shape index (κ2) is 14.8. The monoisotopic (exact) mass is 693 g/mol. The number of esters is 1. The van der Waals surface area contributed by atoms with E-state index in [9.17, 15) is 19.5 Å². The number of carbonyl (C=O) groups excluding carboxylic acids is 4. The largest absolute Gasteiger partial charge is 0.455 e. The molecule has 2 fully saturated rings. The first kappa shape index (κ1) is 34.6. The summed E-state index contributed by atoms with van der Waals surface area (Å²) in [6.07, 6.45) is 7.02. The summed E-state index contributed by atoms with van der Waals surface area (Å²) in [4.78, 5) is 60.5. The molecule has 4 aliphatic heterocycles. The van der Waals surface area contributed by atoms with Crippen molar-refractivity contribution in [3.05, 3.63) is 103 Å². The summed E-state index contributed by atoms with van der Waals surface area (Å²) in [7, 11) is 1.51. The van der Waals surface area contributed by atoms with E-state index in [0.717, 1.165) is 10.8 Å². The average Bonchev–Trinajstić information content (AvgIpc) is 3.79. The second-order valence-electron chi connectivity index (χ2n) is 13.6. The number of allylic oxidation sites excluding steroid dienone is 1. The molecule has 5 bridgehead atoms. The highest BCUT2D eigenvalue weighted by Gasteiger charge is 2.73. The first-order chi connectivity index (χ1) is 24.9. The predicted octanol–water partition coefficient (Wildman–Crippen LogP) is 3.86. The Morgan fingerprint density at radius 1 is 0.941 bits per heavy atom. The number of likely N-dealkylation sites (tertiary alicyclic amines) is 1. The van der Waals surface area contributed by atoms with E-state index in [4.69, 9.17) is 14.2 Å². The van der Waals surface area contributed by atoms with Crippen LogP contribution in [0.3, 0.4) is 0 Å². The lowest BCUT2D eigenvalue weighted by atomic mass is 9.74. The molecule has 0 saturated carbocycles. The molecule has 0 aromatic heterocycles. The summed E-state index contributed by atoms with van der Waals surface area (Å²) in [6.45, 7) is 0.390. The van der Waals surface area contributed by atoms with Crippen molar-refractivity contribution in [1.29, 1.82) is 0 Å². The molecule has 3 amide bonds. The van der Waals surface area contributed by atoms with Crippen LogP contribution in [0.2, 0.25) is 0 Å². The molecule has 0 unspecified atom stereocenters. The molecule has 0 aliphatic carbocycles. The molecule has 4 aliphatic rings. The molecule has 0 radical (unpaired) electrons. The van der Waals surface area contributed by atoms with E-state index in [1.54, 1.807) is 22.0 Å². The maximum Gasteiger partial charge on any atom is 0.313 e. The Kier molecular flexibility index (Phi) is 10.0. The van der Waals surface area contributed by atoms with Crippen molar-refractivity contribution in [2.45, 2.75) is 55.6 Å². The van der Waals surface area contributed by atoms with E-state index >= 15 is 4.79 Å². The van der Waals surface area contributed by atoms with Crippen molar-refractivity contribution in [2.24, 2.45) is 11.8 Å². The summed E-state index contributed by atoms with van der Waals surface area (Å²) in [5.41, 5.74) is -0.110. The third-order valence-electron chi connectivity index (χ3n) is 10.4. The lowest BCUT2D eigenvalue weighted by molar-refractivity contribution is -0.162. The van der Waals surface area contributed by atoms with E-state index in [1.165, 1.54) is 7.11 Å². The maximum absolute atomic E-state index is 15.1.